The lowest BCUT2D eigenvalue weighted by molar-refractivity contribution is 0.0507. The summed E-state index contributed by atoms with van der Waals surface area (Å²) >= 11 is 1.40. The number of carbonyl (C=O) groups is 1. The van der Waals surface area contributed by atoms with Gasteiger partial charge in [-0.2, -0.15) is 0 Å². The van der Waals surface area contributed by atoms with Gasteiger partial charge < -0.3 is 10.1 Å². The zero-order valence-corrected chi connectivity index (χ0v) is 17.8. The van der Waals surface area contributed by atoms with Crippen LogP contribution in [0.1, 0.15) is 50.7 Å². The number of thiazole rings is 1. The first-order valence-electron chi connectivity index (χ1n) is 9.14. The van der Waals surface area contributed by atoms with Crippen LogP contribution in [0.5, 0.6) is 0 Å². The molecule has 0 radical (unpaired) electrons. The third kappa shape index (κ3) is 4.09. The van der Waals surface area contributed by atoms with Gasteiger partial charge in [0.15, 0.2) is 4.96 Å². The summed E-state index contributed by atoms with van der Waals surface area (Å²) in [6.07, 6.45) is -0.542. The predicted octanol–water partition coefficient (Wildman–Crippen LogP) is 4.63. The quantitative estimate of drug-likeness (QED) is 0.697. The molecule has 2 aromatic heterocycles. The highest BCUT2D eigenvalue weighted by Gasteiger charge is 2.24. The molecule has 0 fully saturated rings. The van der Waals surface area contributed by atoms with Crippen molar-refractivity contribution in [2.24, 2.45) is 0 Å². The van der Waals surface area contributed by atoms with E-state index in [4.69, 9.17) is 9.72 Å². The predicted molar refractivity (Wildman–Crippen MR) is 112 cm³/mol. The number of rotatable bonds is 3. The lowest BCUT2D eigenvalue weighted by Crippen LogP contribution is -2.35. The molecule has 7 heteroatoms. The van der Waals surface area contributed by atoms with Gasteiger partial charge in [0, 0.05) is 11.1 Å². The van der Waals surface area contributed by atoms with Gasteiger partial charge in [-0.1, -0.05) is 29.8 Å². The smallest absolute Gasteiger partial charge is 0.408 e. The SMILES string of the molecule is Cc1cccc(-c2c([C@H](C)NC(=O)OC(C)(C)C)nc3scc(C)n3c2=O)c1. The Balaban J connectivity index is 2.14. The van der Waals surface area contributed by atoms with Crippen molar-refractivity contribution in [1.82, 2.24) is 14.7 Å². The molecule has 0 aliphatic rings. The molecular formula is C21H25N3O3S. The van der Waals surface area contributed by atoms with Gasteiger partial charge in [0.2, 0.25) is 0 Å². The van der Waals surface area contributed by atoms with Gasteiger partial charge in [-0.05, 0) is 47.1 Å². The summed E-state index contributed by atoms with van der Waals surface area (Å²) in [6, 6.07) is 7.24. The van der Waals surface area contributed by atoms with E-state index in [1.165, 1.54) is 11.3 Å². The minimum atomic E-state index is -0.606. The molecule has 1 atom stereocenters. The summed E-state index contributed by atoms with van der Waals surface area (Å²) in [6.45, 7) is 11.1. The van der Waals surface area contributed by atoms with Crippen molar-refractivity contribution in [2.45, 2.75) is 53.2 Å². The van der Waals surface area contributed by atoms with Crippen LogP contribution >= 0.6 is 11.3 Å². The Morgan fingerprint density at radius 3 is 2.64 bits per heavy atom. The van der Waals surface area contributed by atoms with Crippen molar-refractivity contribution in [1.29, 1.82) is 0 Å². The Labute approximate surface area is 168 Å². The Bertz CT molecular complexity index is 1090. The van der Waals surface area contributed by atoms with Crippen molar-refractivity contribution < 1.29 is 9.53 Å². The molecule has 0 aliphatic heterocycles. The van der Waals surface area contributed by atoms with Gasteiger partial charge >= 0.3 is 6.09 Å². The Kier molecular flexibility index (Phi) is 5.30. The maximum Gasteiger partial charge on any atom is 0.408 e. The molecule has 28 heavy (non-hydrogen) atoms. The van der Waals surface area contributed by atoms with Gasteiger partial charge in [0.25, 0.3) is 5.56 Å². The minimum Gasteiger partial charge on any atom is -0.444 e. The van der Waals surface area contributed by atoms with E-state index < -0.39 is 17.7 Å². The Hall–Kier alpha value is -2.67. The summed E-state index contributed by atoms with van der Waals surface area (Å²) in [5.41, 5.74) is 2.95. The largest absolute Gasteiger partial charge is 0.444 e. The van der Waals surface area contributed by atoms with E-state index in [-0.39, 0.29) is 5.56 Å². The first-order chi connectivity index (χ1) is 13.1. The molecule has 1 amide bonds. The fourth-order valence-electron chi connectivity index (χ4n) is 3.04. The molecule has 3 aromatic rings. The molecule has 0 saturated carbocycles. The van der Waals surface area contributed by atoms with E-state index in [9.17, 15) is 9.59 Å². The minimum absolute atomic E-state index is 0.137. The van der Waals surface area contributed by atoms with E-state index in [1.807, 2.05) is 50.4 Å². The second kappa shape index (κ2) is 7.39. The van der Waals surface area contributed by atoms with Crippen molar-refractivity contribution in [3.63, 3.8) is 0 Å². The third-order valence-corrected chi connectivity index (χ3v) is 5.16. The zero-order valence-electron chi connectivity index (χ0n) is 17.0. The van der Waals surface area contributed by atoms with Crippen LogP contribution in [0.15, 0.2) is 34.4 Å². The Morgan fingerprint density at radius 1 is 1.29 bits per heavy atom. The Morgan fingerprint density at radius 2 is 2.00 bits per heavy atom. The highest BCUT2D eigenvalue weighted by atomic mass is 32.1. The van der Waals surface area contributed by atoms with Crippen LogP contribution in [0, 0.1) is 13.8 Å². The van der Waals surface area contributed by atoms with Crippen molar-refractivity contribution in [2.75, 3.05) is 0 Å². The number of benzene rings is 1. The number of amides is 1. The van der Waals surface area contributed by atoms with Crippen LogP contribution < -0.4 is 10.9 Å². The van der Waals surface area contributed by atoms with E-state index in [0.29, 0.717) is 16.2 Å². The average Bonchev–Trinajstić information content (AvgIpc) is 2.94. The highest BCUT2D eigenvalue weighted by molar-refractivity contribution is 7.15. The van der Waals surface area contributed by atoms with Gasteiger partial charge in [-0.15, -0.1) is 11.3 Å². The molecule has 0 bridgehead atoms. The number of nitrogens with one attached hydrogen (secondary N) is 1. The van der Waals surface area contributed by atoms with E-state index in [2.05, 4.69) is 5.32 Å². The van der Waals surface area contributed by atoms with Crippen LogP contribution in [-0.4, -0.2) is 21.1 Å². The van der Waals surface area contributed by atoms with Crippen LogP contribution in [0.3, 0.4) is 0 Å². The van der Waals surface area contributed by atoms with E-state index in [1.54, 1.807) is 25.2 Å². The summed E-state index contributed by atoms with van der Waals surface area (Å²) in [5.74, 6) is 0. The number of fused-ring (bicyclic) bond motifs is 1. The monoisotopic (exact) mass is 399 g/mol. The molecule has 0 aliphatic carbocycles. The molecule has 1 N–H and O–H groups in total. The lowest BCUT2D eigenvalue weighted by Gasteiger charge is -2.22. The summed E-state index contributed by atoms with van der Waals surface area (Å²) in [4.78, 5) is 30.9. The number of ether oxygens (including phenoxy) is 1. The molecule has 0 unspecified atom stereocenters. The number of carbonyl (C=O) groups excluding carboxylic acids is 1. The zero-order chi connectivity index (χ0) is 20.6. The topological polar surface area (TPSA) is 72.7 Å². The summed E-state index contributed by atoms with van der Waals surface area (Å²) in [7, 11) is 0. The second-order valence-electron chi connectivity index (χ2n) is 7.91. The van der Waals surface area contributed by atoms with E-state index >= 15 is 0 Å². The maximum absolute atomic E-state index is 13.3. The van der Waals surface area contributed by atoms with Gasteiger partial charge in [-0.3, -0.25) is 9.20 Å². The van der Waals surface area contributed by atoms with Crippen LogP contribution in [-0.2, 0) is 4.74 Å². The summed E-state index contributed by atoms with van der Waals surface area (Å²) in [5, 5.41) is 4.71. The highest BCUT2D eigenvalue weighted by Crippen LogP contribution is 2.27. The van der Waals surface area contributed by atoms with Crippen LogP contribution in [0.25, 0.3) is 16.1 Å². The second-order valence-corrected chi connectivity index (χ2v) is 8.75. The molecule has 148 valence electrons. The first-order valence-corrected chi connectivity index (χ1v) is 10.0. The van der Waals surface area contributed by atoms with Crippen LogP contribution in [0.4, 0.5) is 4.79 Å². The molecular weight excluding hydrogens is 374 g/mol. The normalized spacial score (nSPS) is 12.8. The molecule has 0 spiro atoms. The van der Waals surface area contributed by atoms with Gasteiger partial charge in [-0.25, -0.2) is 9.78 Å². The number of nitrogens with zero attached hydrogens (tertiary/aromatic N) is 2. The first kappa shape index (κ1) is 20.1. The lowest BCUT2D eigenvalue weighted by atomic mass is 10.00. The molecule has 3 rings (SSSR count). The number of aryl methyl sites for hydroxylation is 2. The molecule has 1 aromatic carbocycles. The van der Waals surface area contributed by atoms with Crippen molar-refractivity contribution in [3.8, 4) is 11.1 Å². The van der Waals surface area contributed by atoms with E-state index in [0.717, 1.165) is 16.8 Å². The third-order valence-electron chi connectivity index (χ3n) is 4.22. The number of aromatic nitrogens is 2. The fraction of sp³-hybridized carbons (Fsp3) is 0.381. The van der Waals surface area contributed by atoms with Crippen LogP contribution in [0.2, 0.25) is 0 Å². The molecule has 0 saturated heterocycles. The number of hydrogen-bond acceptors (Lipinski definition) is 5. The number of alkyl carbamates (subject to hydrolysis) is 1. The maximum atomic E-state index is 13.3. The molecule has 6 nitrogen and oxygen atoms in total. The average molecular weight is 400 g/mol. The van der Waals surface area contributed by atoms with Gasteiger partial charge in [0.05, 0.1) is 17.3 Å². The van der Waals surface area contributed by atoms with Gasteiger partial charge in [0.1, 0.15) is 5.60 Å². The molecule has 2 heterocycles. The van der Waals surface area contributed by atoms with Crippen molar-refractivity contribution >= 4 is 22.4 Å². The summed E-state index contributed by atoms with van der Waals surface area (Å²) < 4.78 is 6.97. The number of hydrogen-bond donors (Lipinski definition) is 1. The standard InChI is InChI=1S/C21H25N3O3S/c1-12-8-7-9-15(10-12)16-17(14(3)22-20(26)27-21(4,5)6)23-19-24(18(16)25)13(2)11-28-19/h7-11,14H,1-6H3,(H,22,26)/t14-/m0/s1. The fourth-order valence-corrected chi connectivity index (χ4v) is 3.90. The van der Waals surface area contributed by atoms with Crippen molar-refractivity contribution in [3.05, 3.63) is 57.0 Å².